The van der Waals surface area contributed by atoms with Crippen LogP contribution in [0.25, 0.3) is 0 Å². The fraction of sp³-hybridized carbons (Fsp3) is 0.500. The first-order valence-corrected chi connectivity index (χ1v) is 5.60. The molecule has 1 N–H and O–H groups in total. The van der Waals surface area contributed by atoms with Crippen molar-refractivity contribution in [2.45, 2.75) is 39.7 Å². The number of nitrogens with zero attached hydrogens (tertiary/aromatic N) is 1. The average molecular weight is 222 g/mol. The molecular weight excluding hydrogens is 204 g/mol. The van der Waals surface area contributed by atoms with Crippen LogP contribution in [0.5, 0.6) is 0 Å². The minimum atomic E-state index is -0.0117. The van der Waals surface area contributed by atoms with Gasteiger partial charge >= 0.3 is 0 Å². The van der Waals surface area contributed by atoms with E-state index in [1.165, 1.54) is 5.56 Å². The Kier molecular flexibility index (Phi) is 3.80. The molecule has 82 valence electrons. The minimum Gasteiger partial charge on any atom is -0.370 e. The molecule has 0 unspecified atom stereocenters. The van der Waals surface area contributed by atoms with Crippen LogP contribution in [0.15, 0.2) is 18.3 Å². The summed E-state index contributed by atoms with van der Waals surface area (Å²) in [6, 6.07) is 4.04. The summed E-state index contributed by atoms with van der Waals surface area (Å²) in [5, 5.41) is 3.24. The van der Waals surface area contributed by atoms with E-state index in [0.29, 0.717) is 4.99 Å². The van der Waals surface area contributed by atoms with Crippen LogP contribution in [-0.2, 0) is 6.42 Å². The van der Waals surface area contributed by atoms with Gasteiger partial charge in [-0.3, -0.25) is 4.98 Å². The SMILES string of the molecule is CCc1ccc(C(=S)NC(C)(C)C)nc1. The lowest BCUT2D eigenvalue weighted by atomic mass is 10.1. The van der Waals surface area contributed by atoms with Gasteiger partial charge in [0.25, 0.3) is 0 Å². The van der Waals surface area contributed by atoms with Crippen LogP contribution in [0, 0.1) is 0 Å². The van der Waals surface area contributed by atoms with Gasteiger partial charge < -0.3 is 5.32 Å². The summed E-state index contributed by atoms with van der Waals surface area (Å²) in [7, 11) is 0. The topological polar surface area (TPSA) is 24.9 Å². The summed E-state index contributed by atoms with van der Waals surface area (Å²) in [5.41, 5.74) is 2.07. The number of nitrogens with one attached hydrogen (secondary N) is 1. The van der Waals surface area contributed by atoms with E-state index in [1.807, 2.05) is 12.3 Å². The van der Waals surface area contributed by atoms with E-state index in [2.05, 4.69) is 44.1 Å². The van der Waals surface area contributed by atoms with Crippen molar-refractivity contribution in [3.05, 3.63) is 29.6 Å². The van der Waals surface area contributed by atoms with E-state index in [9.17, 15) is 0 Å². The van der Waals surface area contributed by atoms with Gasteiger partial charge in [-0.1, -0.05) is 25.2 Å². The second-order valence-electron chi connectivity index (χ2n) is 4.61. The van der Waals surface area contributed by atoms with E-state index in [-0.39, 0.29) is 5.54 Å². The lowest BCUT2D eigenvalue weighted by molar-refractivity contribution is 0.515. The van der Waals surface area contributed by atoms with Crippen molar-refractivity contribution in [1.29, 1.82) is 0 Å². The Labute approximate surface area is 97.1 Å². The Morgan fingerprint density at radius 2 is 2.07 bits per heavy atom. The average Bonchev–Trinajstić information content (AvgIpc) is 2.15. The number of thiocarbonyl (C=S) groups is 1. The van der Waals surface area contributed by atoms with E-state index in [1.54, 1.807) is 0 Å². The Hall–Kier alpha value is -0.960. The highest BCUT2D eigenvalue weighted by molar-refractivity contribution is 7.80. The summed E-state index contributed by atoms with van der Waals surface area (Å²) in [4.78, 5) is 5.04. The van der Waals surface area contributed by atoms with E-state index >= 15 is 0 Å². The molecule has 1 aromatic heterocycles. The molecule has 0 aliphatic carbocycles. The molecule has 0 atom stereocenters. The largest absolute Gasteiger partial charge is 0.370 e. The minimum absolute atomic E-state index is 0.0117. The number of aromatic nitrogens is 1. The van der Waals surface area contributed by atoms with Crippen molar-refractivity contribution in [1.82, 2.24) is 10.3 Å². The molecule has 0 radical (unpaired) electrons. The fourth-order valence-corrected chi connectivity index (χ4v) is 1.60. The maximum atomic E-state index is 5.27. The molecule has 0 amide bonds. The molecular formula is C12H18N2S. The first kappa shape index (κ1) is 12.1. The van der Waals surface area contributed by atoms with Gasteiger partial charge in [-0.25, -0.2) is 0 Å². The monoisotopic (exact) mass is 222 g/mol. The fourth-order valence-electron chi connectivity index (χ4n) is 1.17. The van der Waals surface area contributed by atoms with Crippen LogP contribution in [0.3, 0.4) is 0 Å². The zero-order chi connectivity index (χ0) is 11.5. The second-order valence-corrected chi connectivity index (χ2v) is 5.02. The highest BCUT2D eigenvalue weighted by Gasteiger charge is 2.12. The van der Waals surface area contributed by atoms with Gasteiger partial charge in [0, 0.05) is 11.7 Å². The van der Waals surface area contributed by atoms with Crippen LogP contribution < -0.4 is 5.32 Å². The molecule has 0 saturated heterocycles. The molecule has 1 rings (SSSR count). The normalized spacial score (nSPS) is 11.2. The van der Waals surface area contributed by atoms with Crippen molar-refractivity contribution in [3.8, 4) is 0 Å². The number of hydrogen-bond acceptors (Lipinski definition) is 2. The molecule has 0 saturated carbocycles. The molecule has 3 heteroatoms. The number of aryl methyl sites for hydroxylation is 1. The van der Waals surface area contributed by atoms with Gasteiger partial charge in [-0.05, 0) is 38.8 Å². The first-order valence-electron chi connectivity index (χ1n) is 5.20. The van der Waals surface area contributed by atoms with Gasteiger partial charge in [-0.15, -0.1) is 0 Å². The third-order valence-electron chi connectivity index (χ3n) is 1.95. The quantitative estimate of drug-likeness (QED) is 0.779. The highest BCUT2D eigenvalue weighted by Crippen LogP contribution is 2.05. The smallest absolute Gasteiger partial charge is 0.125 e. The maximum Gasteiger partial charge on any atom is 0.125 e. The van der Waals surface area contributed by atoms with E-state index in [4.69, 9.17) is 12.2 Å². The van der Waals surface area contributed by atoms with Crippen LogP contribution in [-0.4, -0.2) is 15.5 Å². The molecule has 0 fully saturated rings. The summed E-state index contributed by atoms with van der Waals surface area (Å²) in [6.07, 6.45) is 2.89. The molecule has 0 spiro atoms. The maximum absolute atomic E-state index is 5.27. The van der Waals surface area contributed by atoms with Crippen LogP contribution >= 0.6 is 12.2 Å². The summed E-state index contributed by atoms with van der Waals surface area (Å²) in [5.74, 6) is 0. The highest BCUT2D eigenvalue weighted by atomic mass is 32.1. The molecule has 0 aromatic carbocycles. The Balaban J connectivity index is 2.75. The van der Waals surface area contributed by atoms with Crippen LogP contribution in [0.4, 0.5) is 0 Å². The van der Waals surface area contributed by atoms with E-state index in [0.717, 1.165) is 12.1 Å². The van der Waals surface area contributed by atoms with Crippen LogP contribution in [0.2, 0.25) is 0 Å². The first-order chi connectivity index (χ1) is 6.92. The van der Waals surface area contributed by atoms with Gasteiger partial charge in [0.1, 0.15) is 4.99 Å². The predicted molar refractivity (Wildman–Crippen MR) is 68.2 cm³/mol. The molecule has 1 heterocycles. The number of pyridine rings is 1. The molecule has 0 aliphatic rings. The van der Waals surface area contributed by atoms with Gasteiger partial charge in [0.15, 0.2) is 0 Å². The molecule has 2 nitrogen and oxygen atoms in total. The zero-order valence-electron chi connectivity index (χ0n) is 9.79. The Morgan fingerprint density at radius 1 is 1.40 bits per heavy atom. The Morgan fingerprint density at radius 3 is 2.47 bits per heavy atom. The predicted octanol–water partition coefficient (Wildman–Crippen LogP) is 2.71. The molecule has 0 aliphatic heterocycles. The zero-order valence-corrected chi connectivity index (χ0v) is 10.6. The van der Waals surface area contributed by atoms with Crippen molar-refractivity contribution < 1.29 is 0 Å². The van der Waals surface area contributed by atoms with Crippen molar-refractivity contribution in [2.75, 3.05) is 0 Å². The van der Waals surface area contributed by atoms with Crippen LogP contribution in [0.1, 0.15) is 39.0 Å². The van der Waals surface area contributed by atoms with Gasteiger partial charge in [0.2, 0.25) is 0 Å². The summed E-state index contributed by atoms with van der Waals surface area (Å²) >= 11 is 5.27. The van der Waals surface area contributed by atoms with E-state index < -0.39 is 0 Å². The summed E-state index contributed by atoms with van der Waals surface area (Å²) in [6.45, 7) is 8.36. The van der Waals surface area contributed by atoms with Crippen molar-refractivity contribution in [2.24, 2.45) is 0 Å². The summed E-state index contributed by atoms with van der Waals surface area (Å²) < 4.78 is 0. The van der Waals surface area contributed by atoms with Crippen molar-refractivity contribution in [3.63, 3.8) is 0 Å². The lowest BCUT2D eigenvalue weighted by Crippen LogP contribution is -2.40. The second kappa shape index (κ2) is 4.71. The molecule has 1 aromatic rings. The molecule has 15 heavy (non-hydrogen) atoms. The van der Waals surface area contributed by atoms with Crippen molar-refractivity contribution >= 4 is 17.2 Å². The van der Waals surface area contributed by atoms with Gasteiger partial charge in [0.05, 0.1) is 5.69 Å². The molecule has 0 bridgehead atoms. The standard InChI is InChI=1S/C12H18N2S/c1-5-9-6-7-10(13-8-9)11(15)14-12(2,3)4/h6-8H,5H2,1-4H3,(H,14,15). The Bertz CT molecular complexity index is 336. The third kappa shape index (κ3) is 3.96. The lowest BCUT2D eigenvalue weighted by Gasteiger charge is -2.22. The third-order valence-corrected chi connectivity index (χ3v) is 2.27. The number of hydrogen-bond donors (Lipinski definition) is 1. The number of rotatable bonds is 2. The van der Waals surface area contributed by atoms with Gasteiger partial charge in [-0.2, -0.15) is 0 Å².